The molecule has 2 atom stereocenters. The van der Waals surface area contributed by atoms with E-state index >= 15 is 0 Å². The number of aryl methyl sites for hydroxylation is 2. The minimum Gasteiger partial charge on any atom is -0.344 e. The molecule has 3 aliphatic heterocycles. The van der Waals surface area contributed by atoms with Crippen LogP contribution < -0.4 is 15.5 Å². The normalized spacial score (nSPS) is 21.3. The Morgan fingerprint density at radius 2 is 1.76 bits per heavy atom. The van der Waals surface area contributed by atoms with Gasteiger partial charge in [0.05, 0.1) is 12.6 Å². The first-order chi connectivity index (χ1) is 22.3. The van der Waals surface area contributed by atoms with Crippen molar-refractivity contribution in [1.29, 1.82) is 0 Å². The highest BCUT2D eigenvalue weighted by atomic mass is 16.2. The number of urea groups is 1. The van der Waals surface area contributed by atoms with Crippen LogP contribution in [0.15, 0.2) is 48.5 Å². The zero-order valence-corrected chi connectivity index (χ0v) is 26.6. The highest BCUT2D eigenvalue weighted by molar-refractivity contribution is 5.99. The summed E-state index contributed by atoms with van der Waals surface area (Å²) >= 11 is 0. The maximum atomic E-state index is 14.1. The van der Waals surface area contributed by atoms with Gasteiger partial charge >= 0.3 is 6.03 Å². The topological polar surface area (TPSA) is 133 Å². The van der Waals surface area contributed by atoms with Gasteiger partial charge < -0.3 is 20.4 Å². The van der Waals surface area contributed by atoms with E-state index in [1.54, 1.807) is 31.5 Å². The SMILES string of the molecule is Cc1nc2n(n1)CCN(C(=O)c1ccc(C)c(N3CCNC3=O)c1)CCCC(=O)N1CCCC[C@H]1C(=O)N[C@@H]2Cc1ccccc1. The molecule has 5 amide bonds. The minimum atomic E-state index is -0.550. The van der Waals surface area contributed by atoms with Gasteiger partial charge in [-0.2, -0.15) is 5.10 Å². The molecular weight excluding hydrogens is 584 g/mol. The Morgan fingerprint density at radius 3 is 2.54 bits per heavy atom. The number of benzene rings is 2. The number of hydrogen-bond donors (Lipinski definition) is 2. The Balaban J connectivity index is 1.33. The summed E-state index contributed by atoms with van der Waals surface area (Å²) in [6.07, 6.45) is 3.54. The van der Waals surface area contributed by atoms with E-state index in [-0.39, 0.29) is 30.2 Å². The van der Waals surface area contributed by atoms with Gasteiger partial charge in [-0.05, 0) is 69.2 Å². The largest absolute Gasteiger partial charge is 0.344 e. The number of piperidine rings is 1. The van der Waals surface area contributed by atoms with Crippen LogP contribution in [0.2, 0.25) is 0 Å². The van der Waals surface area contributed by atoms with Crippen molar-refractivity contribution >= 4 is 29.4 Å². The van der Waals surface area contributed by atoms with Crippen molar-refractivity contribution in [1.82, 2.24) is 35.2 Å². The van der Waals surface area contributed by atoms with Crippen LogP contribution in [0.25, 0.3) is 0 Å². The Labute approximate surface area is 269 Å². The lowest BCUT2D eigenvalue weighted by Gasteiger charge is -2.36. The molecule has 0 radical (unpaired) electrons. The Morgan fingerprint density at radius 1 is 0.935 bits per heavy atom. The monoisotopic (exact) mass is 626 g/mol. The molecule has 0 unspecified atom stereocenters. The fourth-order valence-electron chi connectivity index (χ4n) is 6.73. The van der Waals surface area contributed by atoms with Gasteiger partial charge in [-0.15, -0.1) is 0 Å². The van der Waals surface area contributed by atoms with Gasteiger partial charge in [0, 0.05) is 50.4 Å². The zero-order chi connectivity index (χ0) is 32.2. The average Bonchev–Trinajstić information content (AvgIpc) is 3.66. The molecule has 6 rings (SSSR count). The first-order valence-electron chi connectivity index (χ1n) is 16.3. The zero-order valence-electron chi connectivity index (χ0n) is 26.6. The number of carbonyl (C=O) groups is 4. The number of hydrogen-bond acceptors (Lipinski definition) is 6. The smallest absolute Gasteiger partial charge is 0.322 e. The van der Waals surface area contributed by atoms with Gasteiger partial charge in [0.2, 0.25) is 11.8 Å². The maximum Gasteiger partial charge on any atom is 0.322 e. The van der Waals surface area contributed by atoms with Gasteiger partial charge in [-0.25, -0.2) is 14.5 Å². The van der Waals surface area contributed by atoms with E-state index in [0.29, 0.717) is 81.4 Å². The molecule has 12 nitrogen and oxygen atoms in total. The summed E-state index contributed by atoms with van der Waals surface area (Å²) in [6.45, 7) is 6.43. The summed E-state index contributed by atoms with van der Waals surface area (Å²) in [5.74, 6) is 0.776. The van der Waals surface area contributed by atoms with E-state index in [1.165, 1.54) is 0 Å². The fraction of sp³-hybridized carbons (Fsp3) is 0.471. The molecule has 2 N–H and O–H groups in total. The molecule has 2 fully saturated rings. The van der Waals surface area contributed by atoms with Crippen LogP contribution in [0.4, 0.5) is 10.5 Å². The van der Waals surface area contributed by atoms with E-state index in [4.69, 9.17) is 4.98 Å². The second-order valence-electron chi connectivity index (χ2n) is 12.4. The Bertz CT molecular complexity index is 1610. The maximum absolute atomic E-state index is 14.1. The molecule has 0 saturated carbocycles. The quantitative estimate of drug-likeness (QED) is 0.458. The molecule has 0 spiro atoms. The number of rotatable bonds is 4. The Kier molecular flexibility index (Phi) is 9.32. The van der Waals surface area contributed by atoms with Crippen LogP contribution in [0, 0.1) is 13.8 Å². The predicted molar refractivity (Wildman–Crippen MR) is 172 cm³/mol. The van der Waals surface area contributed by atoms with Crippen molar-refractivity contribution in [2.75, 3.05) is 37.6 Å². The van der Waals surface area contributed by atoms with Crippen molar-refractivity contribution in [3.8, 4) is 0 Å². The lowest BCUT2D eigenvalue weighted by molar-refractivity contribution is -0.142. The molecular formula is C34H42N8O4. The third kappa shape index (κ3) is 6.75. The van der Waals surface area contributed by atoms with Gasteiger partial charge in [-0.1, -0.05) is 36.4 Å². The van der Waals surface area contributed by atoms with Gasteiger partial charge in [-0.3, -0.25) is 19.3 Å². The highest BCUT2D eigenvalue weighted by Crippen LogP contribution is 2.26. The molecule has 1 aromatic heterocycles. The number of aromatic nitrogens is 3. The third-order valence-corrected chi connectivity index (χ3v) is 9.13. The summed E-state index contributed by atoms with van der Waals surface area (Å²) in [5, 5.41) is 10.7. The number of amides is 5. The molecule has 0 bridgehead atoms. The number of fused-ring (bicyclic) bond motifs is 2. The van der Waals surface area contributed by atoms with Gasteiger partial charge in [0.1, 0.15) is 17.7 Å². The summed E-state index contributed by atoms with van der Waals surface area (Å²) in [5.41, 5.74) is 3.14. The molecule has 2 saturated heterocycles. The van der Waals surface area contributed by atoms with E-state index < -0.39 is 12.1 Å². The molecule has 0 aliphatic carbocycles. The third-order valence-electron chi connectivity index (χ3n) is 9.13. The van der Waals surface area contributed by atoms with Crippen LogP contribution in [0.1, 0.15) is 71.3 Å². The van der Waals surface area contributed by atoms with Crippen molar-refractivity contribution in [3.63, 3.8) is 0 Å². The standard InChI is InChI=1S/C34H42N8O4/c1-23-13-14-26(22-29(23)41-18-15-35-34(41)46)33(45)39-16-8-12-30(43)40-17-7-6-11-28(40)32(44)37-27(21-25-9-4-3-5-10-25)31-36-24(2)38-42(31)20-19-39/h3-5,9-10,13-14,22,27-28H,6-8,11-12,15-21H2,1-2H3,(H,35,46)(H,37,44)/t27-,28+/m1/s1. The molecule has 12 heteroatoms. The molecule has 3 aliphatic rings. The lowest BCUT2D eigenvalue weighted by Crippen LogP contribution is -2.53. The number of nitrogens with one attached hydrogen (secondary N) is 2. The first-order valence-corrected chi connectivity index (χ1v) is 16.3. The average molecular weight is 627 g/mol. The van der Waals surface area contributed by atoms with E-state index in [2.05, 4.69) is 15.7 Å². The molecule has 3 aromatic rings. The van der Waals surface area contributed by atoms with Gasteiger partial charge in [0.25, 0.3) is 5.91 Å². The molecule has 242 valence electrons. The predicted octanol–water partition coefficient (Wildman–Crippen LogP) is 3.14. The lowest BCUT2D eigenvalue weighted by atomic mass is 9.99. The highest BCUT2D eigenvalue weighted by Gasteiger charge is 2.35. The number of carbonyl (C=O) groups excluding carboxylic acids is 4. The molecule has 2 aromatic carbocycles. The van der Waals surface area contributed by atoms with Crippen LogP contribution in [0.5, 0.6) is 0 Å². The van der Waals surface area contributed by atoms with Gasteiger partial charge in [0.15, 0.2) is 0 Å². The van der Waals surface area contributed by atoms with Crippen molar-refractivity contribution in [2.24, 2.45) is 0 Å². The first kappa shape index (κ1) is 31.3. The summed E-state index contributed by atoms with van der Waals surface area (Å²) in [7, 11) is 0. The van der Waals surface area contributed by atoms with E-state index in [9.17, 15) is 19.2 Å². The summed E-state index contributed by atoms with van der Waals surface area (Å²) < 4.78 is 1.80. The fourth-order valence-corrected chi connectivity index (χ4v) is 6.73. The summed E-state index contributed by atoms with van der Waals surface area (Å²) in [6, 6.07) is 14.2. The number of anilines is 1. The minimum absolute atomic E-state index is 0.0689. The molecule has 46 heavy (non-hydrogen) atoms. The summed E-state index contributed by atoms with van der Waals surface area (Å²) in [4.78, 5) is 63.7. The number of nitrogens with zero attached hydrogens (tertiary/aromatic N) is 6. The molecule has 4 heterocycles. The van der Waals surface area contributed by atoms with Crippen LogP contribution >= 0.6 is 0 Å². The van der Waals surface area contributed by atoms with Crippen molar-refractivity contribution < 1.29 is 19.2 Å². The van der Waals surface area contributed by atoms with E-state index in [1.807, 2.05) is 50.2 Å². The second kappa shape index (κ2) is 13.7. The van der Waals surface area contributed by atoms with Crippen LogP contribution in [-0.2, 0) is 22.6 Å². The second-order valence-corrected chi connectivity index (χ2v) is 12.4. The van der Waals surface area contributed by atoms with E-state index in [0.717, 1.165) is 24.0 Å². The van der Waals surface area contributed by atoms with Crippen LogP contribution in [0.3, 0.4) is 0 Å². The van der Waals surface area contributed by atoms with Crippen molar-refractivity contribution in [3.05, 3.63) is 76.9 Å². The van der Waals surface area contributed by atoms with Crippen LogP contribution in [-0.4, -0.2) is 87.1 Å². The van der Waals surface area contributed by atoms with Crippen molar-refractivity contribution in [2.45, 2.75) is 71.0 Å². The Hall–Kier alpha value is -4.74.